The molecule has 0 amide bonds. The average molecular weight is 336 g/mol. The maximum Gasteiger partial charge on any atom is 0.0969 e. The first kappa shape index (κ1) is 17.7. The lowest BCUT2D eigenvalue weighted by atomic mass is 10.1. The van der Waals surface area contributed by atoms with E-state index < -0.39 is 6.10 Å². The number of nitrogens with zero attached hydrogens (tertiary/aromatic N) is 1. The van der Waals surface area contributed by atoms with Gasteiger partial charge in [0.1, 0.15) is 0 Å². The number of nitrogens with one attached hydrogen (secondary N) is 1. The maximum absolute atomic E-state index is 10.8. The highest BCUT2D eigenvalue weighted by molar-refractivity contribution is 5.86. The Kier molecular flexibility index (Phi) is 5.57. The summed E-state index contributed by atoms with van der Waals surface area (Å²) in [5, 5.41) is 15.4. The van der Waals surface area contributed by atoms with Crippen LogP contribution in [-0.2, 0) is 19.5 Å². The van der Waals surface area contributed by atoms with Crippen LogP contribution >= 0.6 is 0 Å². The largest absolute Gasteiger partial charge is 0.387 e. The number of aryl methyl sites for hydroxylation is 1. The number of hydrogen-bond acceptors (Lipinski definition) is 2. The van der Waals surface area contributed by atoms with Gasteiger partial charge >= 0.3 is 0 Å². The SMILES string of the molecule is CCCc1c(CNC)c2cc(C)ccc2n1CC(O)c1ccccc1. The minimum Gasteiger partial charge on any atom is -0.387 e. The van der Waals surface area contributed by atoms with E-state index in [1.807, 2.05) is 37.4 Å². The van der Waals surface area contributed by atoms with Gasteiger partial charge in [0, 0.05) is 23.1 Å². The molecule has 2 N–H and O–H groups in total. The molecule has 132 valence electrons. The quantitative estimate of drug-likeness (QED) is 0.673. The van der Waals surface area contributed by atoms with Crippen LogP contribution in [0, 0.1) is 6.92 Å². The monoisotopic (exact) mass is 336 g/mol. The van der Waals surface area contributed by atoms with Crippen LogP contribution in [0.25, 0.3) is 10.9 Å². The van der Waals surface area contributed by atoms with E-state index in [2.05, 4.69) is 41.9 Å². The molecule has 3 aromatic rings. The van der Waals surface area contributed by atoms with Crippen molar-refractivity contribution < 1.29 is 5.11 Å². The molecule has 0 spiro atoms. The molecule has 0 bridgehead atoms. The number of rotatable bonds is 7. The van der Waals surface area contributed by atoms with Gasteiger partial charge in [0.2, 0.25) is 0 Å². The van der Waals surface area contributed by atoms with Crippen molar-refractivity contribution in [3.05, 3.63) is 70.9 Å². The molecule has 0 saturated carbocycles. The Bertz CT molecular complexity index is 836. The van der Waals surface area contributed by atoms with Crippen LogP contribution in [0.15, 0.2) is 48.5 Å². The van der Waals surface area contributed by atoms with E-state index in [-0.39, 0.29) is 0 Å². The second-order valence-corrected chi connectivity index (χ2v) is 6.76. The summed E-state index contributed by atoms with van der Waals surface area (Å²) in [6.07, 6.45) is 1.61. The fourth-order valence-electron chi connectivity index (χ4n) is 3.65. The lowest BCUT2D eigenvalue weighted by Gasteiger charge is -2.17. The number of aliphatic hydroxyl groups excluding tert-OH is 1. The average Bonchev–Trinajstić information content (AvgIpc) is 2.89. The van der Waals surface area contributed by atoms with Gasteiger partial charge < -0.3 is 15.0 Å². The molecule has 1 unspecified atom stereocenters. The first-order valence-corrected chi connectivity index (χ1v) is 9.14. The molecule has 1 aromatic heterocycles. The molecule has 0 radical (unpaired) electrons. The fraction of sp³-hybridized carbons (Fsp3) is 0.364. The third-order valence-electron chi connectivity index (χ3n) is 4.82. The van der Waals surface area contributed by atoms with Gasteiger partial charge in [-0.05, 0) is 43.7 Å². The number of hydrogen-bond donors (Lipinski definition) is 2. The van der Waals surface area contributed by atoms with Crippen LogP contribution in [0.2, 0.25) is 0 Å². The first-order chi connectivity index (χ1) is 12.2. The Balaban J connectivity index is 2.10. The smallest absolute Gasteiger partial charge is 0.0969 e. The van der Waals surface area contributed by atoms with E-state index in [1.165, 1.54) is 27.7 Å². The molecule has 0 saturated heterocycles. The molecule has 3 rings (SSSR count). The predicted octanol–water partition coefficient (Wildman–Crippen LogP) is 4.36. The standard InChI is InChI=1S/C22H28N2O/c1-4-8-20-19(14-23-3)18-13-16(2)11-12-21(18)24(20)15-22(25)17-9-6-5-7-10-17/h5-7,9-13,22-23,25H,4,8,14-15H2,1-3H3. The molecule has 0 aliphatic rings. The summed E-state index contributed by atoms with van der Waals surface area (Å²) in [5.41, 5.74) is 6.16. The van der Waals surface area contributed by atoms with Crippen LogP contribution < -0.4 is 5.32 Å². The van der Waals surface area contributed by atoms with Crippen molar-refractivity contribution in [2.75, 3.05) is 7.05 Å². The molecule has 3 nitrogen and oxygen atoms in total. The van der Waals surface area contributed by atoms with Gasteiger partial charge in [-0.2, -0.15) is 0 Å². The number of fused-ring (bicyclic) bond motifs is 1. The van der Waals surface area contributed by atoms with Crippen molar-refractivity contribution in [2.24, 2.45) is 0 Å². The van der Waals surface area contributed by atoms with Crippen LogP contribution in [0.3, 0.4) is 0 Å². The highest BCUT2D eigenvalue weighted by Gasteiger charge is 2.19. The van der Waals surface area contributed by atoms with Crippen LogP contribution in [0.1, 0.15) is 41.8 Å². The van der Waals surface area contributed by atoms with E-state index >= 15 is 0 Å². The molecule has 1 atom stereocenters. The molecule has 1 heterocycles. The van der Waals surface area contributed by atoms with E-state index in [9.17, 15) is 5.11 Å². The number of aliphatic hydroxyl groups is 1. The van der Waals surface area contributed by atoms with Gasteiger partial charge in [-0.25, -0.2) is 0 Å². The van der Waals surface area contributed by atoms with Gasteiger partial charge in [0.05, 0.1) is 12.6 Å². The maximum atomic E-state index is 10.8. The molecular weight excluding hydrogens is 308 g/mol. The highest BCUT2D eigenvalue weighted by atomic mass is 16.3. The van der Waals surface area contributed by atoms with Gasteiger partial charge in [0.15, 0.2) is 0 Å². The van der Waals surface area contributed by atoms with E-state index in [4.69, 9.17) is 0 Å². The molecule has 25 heavy (non-hydrogen) atoms. The number of aromatic nitrogens is 1. The Morgan fingerprint density at radius 2 is 1.88 bits per heavy atom. The zero-order valence-corrected chi connectivity index (χ0v) is 15.4. The van der Waals surface area contributed by atoms with E-state index in [1.54, 1.807) is 0 Å². The highest BCUT2D eigenvalue weighted by Crippen LogP contribution is 2.30. The Morgan fingerprint density at radius 3 is 2.56 bits per heavy atom. The zero-order valence-electron chi connectivity index (χ0n) is 15.4. The number of benzene rings is 2. The lowest BCUT2D eigenvalue weighted by molar-refractivity contribution is 0.157. The van der Waals surface area contributed by atoms with Gasteiger partial charge in [-0.3, -0.25) is 0 Å². The normalized spacial score (nSPS) is 12.6. The van der Waals surface area contributed by atoms with Crippen LogP contribution in [0.5, 0.6) is 0 Å². The third-order valence-corrected chi connectivity index (χ3v) is 4.82. The van der Waals surface area contributed by atoms with Crippen molar-refractivity contribution in [1.82, 2.24) is 9.88 Å². The van der Waals surface area contributed by atoms with Crippen molar-refractivity contribution in [1.29, 1.82) is 0 Å². The summed E-state index contributed by atoms with van der Waals surface area (Å²) >= 11 is 0. The summed E-state index contributed by atoms with van der Waals surface area (Å²) in [6, 6.07) is 16.6. The van der Waals surface area contributed by atoms with E-state index in [0.29, 0.717) is 6.54 Å². The molecule has 0 fully saturated rings. The van der Waals surface area contributed by atoms with Gasteiger partial charge in [-0.15, -0.1) is 0 Å². The third kappa shape index (κ3) is 3.63. The van der Waals surface area contributed by atoms with Crippen molar-refractivity contribution in [3.8, 4) is 0 Å². The molecule has 3 heteroatoms. The Morgan fingerprint density at radius 1 is 1.12 bits per heavy atom. The van der Waals surface area contributed by atoms with Crippen LogP contribution in [0.4, 0.5) is 0 Å². The predicted molar refractivity (Wildman–Crippen MR) is 105 cm³/mol. The summed E-state index contributed by atoms with van der Waals surface area (Å²) in [4.78, 5) is 0. The zero-order chi connectivity index (χ0) is 17.8. The molecule has 2 aromatic carbocycles. The first-order valence-electron chi connectivity index (χ1n) is 9.14. The van der Waals surface area contributed by atoms with Crippen LogP contribution in [-0.4, -0.2) is 16.7 Å². The Hall–Kier alpha value is -2.10. The summed E-state index contributed by atoms with van der Waals surface area (Å²) < 4.78 is 2.32. The van der Waals surface area contributed by atoms with Gasteiger partial charge in [-0.1, -0.05) is 55.3 Å². The van der Waals surface area contributed by atoms with Crippen molar-refractivity contribution in [3.63, 3.8) is 0 Å². The fourth-order valence-corrected chi connectivity index (χ4v) is 3.65. The molecular formula is C22H28N2O. The summed E-state index contributed by atoms with van der Waals surface area (Å²) in [5.74, 6) is 0. The van der Waals surface area contributed by atoms with E-state index in [0.717, 1.165) is 24.9 Å². The lowest BCUT2D eigenvalue weighted by Crippen LogP contribution is -2.13. The second-order valence-electron chi connectivity index (χ2n) is 6.76. The van der Waals surface area contributed by atoms with Crippen molar-refractivity contribution in [2.45, 2.75) is 45.9 Å². The summed E-state index contributed by atoms with van der Waals surface area (Å²) in [6.45, 7) is 5.79. The molecule has 0 aliphatic heterocycles. The van der Waals surface area contributed by atoms with Crippen molar-refractivity contribution >= 4 is 10.9 Å². The summed E-state index contributed by atoms with van der Waals surface area (Å²) in [7, 11) is 1.99. The minimum atomic E-state index is -0.504. The Labute approximate surface area is 150 Å². The van der Waals surface area contributed by atoms with Gasteiger partial charge in [0.25, 0.3) is 0 Å². The minimum absolute atomic E-state index is 0.504. The second kappa shape index (κ2) is 7.85. The topological polar surface area (TPSA) is 37.2 Å². The molecule has 0 aliphatic carbocycles.